The number of amides is 1. The van der Waals surface area contributed by atoms with Crippen molar-refractivity contribution in [3.05, 3.63) is 51.0 Å². The van der Waals surface area contributed by atoms with Gasteiger partial charge in [-0.25, -0.2) is 14.6 Å². The summed E-state index contributed by atoms with van der Waals surface area (Å²) in [5.74, 6) is -3.14. The van der Waals surface area contributed by atoms with E-state index in [2.05, 4.69) is 15.5 Å². The Labute approximate surface area is 189 Å². The minimum absolute atomic E-state index is 0.0950. The summed E-state index contributed by atoms with van der Waals surface area (Å²) in [5.41, 5.74) is -1.95. The maximum atomic E-state index is 12.3. The number of nitro groups is 1. The van der Waals surface area contributed by atoms with Crippen molar-refractivity contribution in [1.29, 1.82) is 0 Å². The van der Waals surface area contributed by atoms with Crippen molar-refractivity contribution in [2.24, 2.45) is 5.16 Å². The molecule has 14 heteroatoms. The number of carboxylic acids is 1. The van der Waals surface area contributed by atoms with Crippen molar-refractivity contribution >= 4 is 57.3 Å². The number of aromatic nitrogens is 1. The zero-order valence-electron chi connectivity index (χ0n) is 16.7. The molecule has 170 valence electrons. The summed E-state index contributed by atoms with van der Waals surface area (Å²) < 4.78 is 5.13. The minimum atomic E-state index is -1.66. The monoisotopic (exact) mass is 484 g/mol. The maximum absolute atomic E-state index is 12.3. The third-order valence-corrected chi connectivity index (χ3v) is 4.69. The summed E-state index contributed by atoms with van der Waals surface area (Å²) in [6.07, 6.45) is 0. The van der Waals surface area contributed by atoms with Gasteiger partial charge in [-0.05, 0) is 31.5 Å². The van der Waals surface area contributed by atoms with Gasteiger partial charge in [-0.1, -0.05) is 5.16 Å². The SMILES string of the molecule is CC(C)(O/N=C(/C(=O)O)c1csc(NC(=O)CCl)n1)C(=O)OCc1ccc([N+](=O)[O-])cc1. The van der Waals surface area contributed by atoms with Gasteiger partial charge in [0.15, 0.2) is 5.13 Å². The number of esters is 1. The number of thiazole rings is 1. The number of non-ortho nitro benzene ring substituents is 1. The Bertz CT molecular complexity index is 1050. The Kier molecular flexibility index (Phi) is 8.21. The third-order valence-electron chi connectivity index (χ3n) is 3.69. The maximum Gasteiger partial charge on any atom is 0.360 e. The Balaban J connectivity index is 2.05. The average molecular weight is 485 g/mol. The first-order valence-corrected chi connectivity index (χ1v) is 10.2. The first-order valence-electron chi connectivity index (χ1n) is 8.75. The van der Waals surface area contributed by atoms with Crippen LogP contribution in [0, 0.1) is 10.1 Å². The zero-order valence-corrected chi connectivity index (χ0v) is 18.3. The van der Waals surface area contributed by atoms with Crippen molar-refractivity contribution in [1.82, 2.24) is 4.98 Å². The van der Waals surface area contributed by atoms with Crippen LogP contribution in [0.5, 0.6) is 0 Å². The van der Waals surface area contributed by atoms with Crippen LogP contribution in [0.25, 0.3) is 0 Å². The number of nitro benzene ring substituents is 1. The fraction of sp³-hybridized carbons (Fsp3) is 0.278. The lowest BCUT2D eigenvalue weighted by Gasteiger charge is -2.20. The molecule has 32 heavy (non-hydrogen) atoms. The molecule has 0 saturated carbocycles. The number of nitrogens with zero attached hydrogens (tertiary/aromatic N) is 3. The fourth-order valence-electron chi connectivity index (χ4n) is 2.02. The van der Waals surface area contributed by atoms with E-state index in [9.17, 15) is 29.6 Å². The quantitative estimate of drug-likeness (QED) is 0.169. The number of alkyl halides is 1. The number of carbonyl (C=O) groups is 3. The van der Waals surface area contributed by atoms with Gasteiger partial charge < -0.3 is 20.0 Å². The van der Waals surface area contributed by atoms with Gasteiger partial charge in [0.2, 0.25) is 17.2 Å². The van der Waals surface area contributed by atoms with Crippen LogP contribution in [-0.2, 0) is 30.6 Å². The highest BCUT2D eigenvalue weighted by Gasteiger charge is 2.33. The van der Waals surface area contributed by atoms with Crippen LogP contribution in [0.1, 0.15) is 25.1 Å². The van der Waals surface area contributed by atoms with E-state index in [1.807, 2.05) is 0 Å². The van der Waals surface area contributed by atoms with E-state index in [0.717, 1.165) is 11.3 Å². The summed E-state index contributed by atoms with van der Waals surface area (Å²) in [5, 5.41) is 27.4. The first kappa shape index (κ1) is 24.7. The Morgan fingerprint density at radius 1 is 1.31 bits per heavy atom. The van der Waals surface area contributed by atoms with E-state index in [-0.39, 0.29) is 29.0 Å². The lowest BCUT2D eigenvalue weighted by atomic mass is 10.1. The number of carboxylic acid groups (broad SMARTS) is 1. The molecular formula is C18H17ClN4O8S. The molecule has 0 atom stereocenters. The summed E-state index contributed by atoms with van der Waals surface area (Å²) in [4.78, 5) is 54.4. The molecule has 0 radical (unpaired) electrons. The second kappa shape index (κ2) is 10.6. The molecule has 1 aromatic heterocycles. The number of carbonyl (C=O) groups excluding carboxylic acids is 2. The van der Waals surface area contributed by atoms with Gasteiger partial charge in [0, 0.05) is 17.5 Å². The standard InChI is InChI=1S/C18H17ClN4O8S/c1-18(2,16(27)30-8-10-3-5-11(6-4-10)23(28)29)31-22-14(15(25)26)12-9-32-17(20-12)21-13(24)7-19/h3-6,9H,7-8H2,1-2H3,(H,25,26)(H,20,21,24)/b22-14+. The van der Waals surface area contributed by atoms with Crippen LogP contribution in [0.3, 0.4) is 0 Å². The van der Waals surface area contributed by atoms with Gasteiger partial charge >= 0.3 is 11.9 Å². The zero-order chi connectivity index (χ0) is 23.9. The largest absolute Gasteiger partial charge is 0.476 e. The van der Waals surface area contributed by atoms with E-state index in [1.165, 1.54) is 43.5 Å². The Hall–Kier alpha value is -3.58. The van der Waals surface area contributed by atoms with Crippen molar-refractivity contribution in [3.8, 4) is 0 Å². The minimum Gasteiger partial charge on any atom is -0.476 e. The number of aliphatic carboxylic acids is 1. The fourth-order valence-corrected chi connectivity index (χ4v) is 2.80. The topological polar surface area (TPSA) is 170 Å². The molecular weight excluding hydrogens is 468 g/mol. The molecule has 0 aliphatic heterocycles. The van der Waals surface area contributed by atoms with Crippen LogP contribution < -0.4 is 5.32 Å². The second-order valence-electron chi connectivity index (χ2n) is 6.57. The van der Waals surface area contributed by atoms with Gasteiger partial charge in [0.05, 0.1) is 4.92 Å². The summed E-state index contributed by atoms with van der Waals surface area (Å²) in [7, 11) is 0. The van der Waals surface area contributed by atoms with Gasteiger partial charge in [0.1, 0.15) is 18.2 Å². The van der Waals surface area contributed by atoms with Gasteiger partial charge in [-0.2, -0.15) is 0 Å². The van der Waals surface area contributed by atoms with Crippen molar-refractivity contribution in [2.45, 2.75) is 26.1 Å². The smallest absolute Gasteiger partial charge is 0.360 e. The average Bonchev–Trinajstić information content (AvgIpc) is 3.19. The molecule has 0 aliphatic carbocycles. The van der Waals surface area contributed by atoms with Gasteiger partial charge in [-0.3, -0.25) is 14.9 Å². The van der Waals surface area contributed by atoms with Gasteiger partial charge in [-0.15, -0.1) is 22.9 Å². The number of rotatable bonds is 10. The molecule has 1 heterocycles. The number of oxime groups is 1. The number of nitrogens with one attached hydrogen (secondary N) is 1. The van der Waals surface area contributed by atoms with E-state index >= 15 is 0 Å². The number of halogens is 1. The highest BCUT2D eigenvalue weighted by molar-refractivity contribution is 7.14. The molecule has 0 saturated heterocycles. The number of hydrogen-bond acceptors (Lipinski definition) is 10. The molecule has 0 aliphatic rings. The molecule has 2 rings (SSSR count). The Morgan fingerprint density at radius 2 is 1.97 bits per heavy atom. The molecule has 2 aromatic rings. The van der Waals surface area contributed by atoms with Gasteiger partial charge in [0.25, 0.3) is 5.69 Å². The predicted molar refractivity (Wildman–Crippen MR) is 114 cm³/mol. The van der Waals surface area contributed by atoms with Crippen LogP contribution in [0.4, 0.5) is 10.8 Å². The summed E-state index contributed by atoms with van der Waals surface area (Å²) in [6, 6.07) is 5.41. The molecule has 0 unspecified atom stereocenters. The number of ether oxygens (including phenoxy) is 1. The van der Waals surface area contributed by atoms with Crippen LogP contribution in [-0.4, -0.2) is 50.1 Å². The number of anilines is 1. The first-order chi connectivity index (χ1) is 15.0. The molecule has 0 bridgehead atoms. The molecule has 12 nitrogen and oxygen atoms in total. The van der Waals surface area contributed by atoms with E-state index in [0.29, 0.717) is 5.56 Å². The summed E-state index contributed by atoms with van der Waals surface area (Å²) >= 11 is 6.34. The van der Waals surface area contributed by atoms with Crippen molar-refractivity contribution in [2.75, 3.05) is 11.2 Å². The van der Waals surface area contributed by atoms with Crippen molar-refractivity contribution < 1.29 is 34.0 Å². The normalized spacial score (nSPS) is 11.5. The molecule has 0 spiro atoms. The van der Waals surface area contributed by atoms with E-state index < -0.39 is 34.1 Å². The molecule has 1 aromatic carbocycles. The van der Waals surface area contributed by atoms with Crippen molar-refractivity contribution in [3.63, 3.8) is 0 Å². The predicted octanol–water partition coefficient (Wildman–Crippen LogP) is 2.56. The van der Waals surface area contributed by atoms with E-state index in [4.69, 9.17) is 21.2 Å². The number of benzene rings is 1. The van der Waals surface area contributed by atoms with E-state index in [1.54, 1.807) is 0 Å². The lowest BCUT2D eigenvalue weighted by Crippen LogP contribution is -2.36. The highest BCUT2D eigenvalue weighted by Crippen LogP contribution is 2.19. The highest BCUT2D eigenvalue weighted by atomic mass is 35.5. The van der Waals surface area contributed by atoms with Crippen LogP contribution >= 0.6 is 22.9 Å². The lowest BCUT2D eigenvalue weighted by molar-refractivity contribution is -0.384. The Morgan fingerprint density at radius 3 is 2.53 bits per heavy atom. The number of hydrogen-bond donors (Lipinski definition) is 2. The second-order valence-corrected chi connectivity index (χ2v) is 7.69. The van der Waals surface area contributed by atoms with Crippen LogP contribution in [0.15, 0.2) is 34.8 Å². The molecule has 2 N–H and O–H groups in total. The third kappa shape index (κ3) is 6.72. The van der Waals surface area contributed by atoms with Crippen LogP contribution in [0.2, 0.25) is 0 Å². The molecule has 0 fully saturated rings. The summed E-state index contributed by atoms with van der Waals surface area (Å²) in [6.45, 7) is 2.46. The molecule has 1 amide bonds.